The Morgan fingerprint density at radius 1 is 1.05 bits per heavy atom. The van der Waals surface area contributed by atoms with Crippen LogP contribution in [0.25, 0.3) is 0 Å². The minimum absolute atomic E-state index is 0. The van der Waals surface area contributed by atoms with E-state index in [2.05, 4.69) is 4.74 Å². The lowest BCUT2D eigenvalue weighted by molar-refractivity contribution is -0.143. The van der Waals surface area contributed by atoms with Gasteiger partial charge >= 0.3 is 18.4 Å². The number of nitrogens with zero attached hydrogens (tertiary/aromatic N) is 1. The first-order chi connectivity index (χ1) is 9.45. The minimum atomic E-state index is -4.92. The van der Waals surface area contributed by atoms with Crippen LogP contribution in [0.4, 0.5) is 31.1 Å². The molecular formula is C13H15F6NO2. The Morgan fingerprint density at radius 3 is 1.77 bits per heavy atom. The molecule has 3 nitrogen and oxygen atoms in total. The first kappa shape index (κ1) is 20.1. The molecule has 0 heterocycles. The van der Waals surface area contributed by atoms with E-state index in [-0.39, 0.29) is 19.1 Å². The van der Waals surface area contributed by atoms with Gasteiger partial charge in [0.05, 0.1) is 18.2 Å². The number of hydrogen-bond donors (Lipinski definition) is 0. The minimum Gasteiger partial charge on any atom is -0.453 e. The Labute approximate surface area is 123 Å². The van der Waals surface area contributed by atoms with E-state index in [0.717, 1.165) is 12.0 Å². The second-order valence-electron chi connectivity index (χ2n) is 4.24. The van der Waals surface area contributed by atoms with Crippen molar-refractivity contribution in [1.82, 2.24) is 4.90 Å². The fraction of sp³-hybridized carbons (Fsp3) is 0.462. The number of carbonyl (C=O) groups excluding carboxylic acids is 1. The average Bonchev–Trinajstić information content (AvgIpc) is 2.35. The quantitative estimate of drug-likeness (QED) is 0.744. The van der Waals surface area contributed by atoms with E-state index in [9.17, 15) is 31.1 Å². The highest BCUT2D eigenvalue weighted by Gasteiger charge is 2.37. The molecule has 0 aliphatic rings. The normalized spacial score (nSPS) is 11.6. The molecular weight excluding hydrogens is 316 g/mol. The Morgan fingerprint density at radius 2 is 1.45 bits per heavy atom. The molecule has 0 saturated carbocycles. The smallest absolute Gasteiger partial charge is 0.416 e. The fourth-order valence-corrected chi connectivity index (χ4v) is 1.60. The highest BCUT2D eigenvalue weighted by Crippen LogP contribution is 2.36. The van der Waals surface area contributed by atoms with Gasteiger partial charge in [0.15, 0.2) is 0 Å². The number of carbonyl (C=O) groups is 1. The van der Waals surface area contributed by atoms with Crippen molar-refractivity contribution in [3.8, 4) is 0 Å². The Hall–Kier alpha value is -1.93. The van der Waals surface area contributed by atoms with Crippen LogP contribution >= 0.6 is 0 Å². The molecule has 0 radical (unpaired) electrons. The fourth-order valence-electron chi connectivity index (χ4n) is 1.60. The summed E-state index contributed by atoms with van der Waals surface area (Å²) in [5.41, 5.74) is -3.15. The summed E-state index contributed by atoms with van der Waals surface area (Å²) in [5.74, 6) is 0. The molecule has 0 aliphatic carbocycles. The van der Waals surface area contributed by atoms with Crippen LogP contribution in [0.15, 0.2) is 18.2 Å². The van der Waals surface area contributed by atoms with Crippen LogP contribution in [-0.4, -0.2) is 25.2 Å². The van der Waals surface area contributed by atoms with E-state index < -0.39 is 36.1 Å². The first-order valence-electron chi connectivity index (χ1n) is 5.52. The number of amides is 1. The zero-order valence-electron chi connectivity index (χ0n) is 11.0. The number of ether oxygens (including phenoxy) is 1. The molecule has 1 aromatic rings. The maximum absolute atomic E-state index is 12.6. The third kappa shape index (κ3) is 5.12. The van der Waals surface area contributed by atoms with E-state index >= 15 is 0 Å². The summed E-state index contributed by atoms with van der Waals surface area (Å²) in [5, 5.41) is 0. The van der Waals surface area contributed by atoms with E-state index in [0.29, 0.717) is 12.1 Å². The summed E-state index contributed by atoms with van der Waals surface area (Å²) in [7, 11) is 2.24. The van der Waals surface area contributed by atoms with Crippen LogP contribution in [0.5, 0.6) is 0 Å². The SMILES string of the molecule is C.COC(=O)N(C)Cc1cc(C(F)(F)F)cc(C(F)(F)F)c1. The van der Waals surface area contributed by atoms with Crippen molar-refractivity contribution in [2.45, 2.75) is 26.3 Å². The van der Waals surface area contributed by atoms with Crippen molar-refractivity contribution in [3.05, 3.63) is 34.9 Å². The Balaban J connectivity index is 0.00000441. The van der Waals surface area contributed by atoms with E-state index in [4.69, 9.17) is 0 Å². The molecule has 0 fully saturated rings. The molecule has 0 atom stereocenters. The van der Waals surface area contributed by atoms with Gasteiger partial charge in [-0.2, -0.15) is 26.3 Å². The Bertz CT molecular complexity index is 492. The van der Waals surface area contributed by atoms with Gasteiger partial charge in [-0.3, -0.25) is 0 Å². The van der Waals surface area contributed by atoms with Crippen molar-refractivity contribution in [3.63, 3.8) is 0 Å². The van der Waals surface area contributed by atoms with Gasteiger partial charge in [0.1, 0.15) is 0 Å². The van der Waals surface area contributed by atoms with Crippen molar-refractivity contribution < 1.29 is 35.9 Å². The lowest BCUT2D eigenvalue weighted by Gasteiger charge is -2.18. The summed E-state index contributed by atoms with van der Waals surface area (Å²) in [6.07, 6.45) is -10.7. The Kier molecular flexibility index (Phi) is 6.28. The topological polar surface area (TPSA) is 29.5 Å². The van der Waals surface area contributed by atoms with Gasteiger partial charge in [0.2, 0.25) is 0 Å². The lowest BCUT2D eigenvalue weighted by atomic mass is 10.0. The molecule has 9 heteroatoms. The van der Waals surface area contributed by atoms with Crippen LogP contribution in [0.2, 0.25) is 0 Å². The van der Waals surface area contributed by atoms with Gasteiger partial charge in [-0.1, -0.05) is 7.43 Å². The number of hydrogen-bond acceptors (Lipinski definition) is 2. The molecule has 0 aliphatic heterocycles. The zero-order valence-corrected chi connectivity index (χ0v) is 11.0. The molecule has 126 valence electrons. The predicted octanol–water partition coefficient (Wildman–Crippen LogP) is 4.56. The number of alkyl halides is 6. The van der Waals surface area contributed by atoms with Crippen LogP contribution in [-0.2, 0) is 23.6 Å². The molecule has 0 saturated heterocycles. The molecule has 1 amide bonds. The zero-order chi connectivity index (χ0) is 16.4. The number of benzene rings is 1. The maximum Gasteiger partial charge on any atom is 0.416 e. The highest BCUT2D eigenvalue weighted by atomic mass is 19.4. The second-order valence-corrected chi connectivity index (χ2v) is 4.24. The molecule has 22 heavy (non-hydrogen) atoms. The van der Waals surface area contributed by atoms with Gasteiger partial charge < -0.3 is 9.64 Å². The molecule has 0 N–H and O–H groups in total. The van der Waals surface area contributed by atoms with Gasteiger partial charge in [-0.15, -0.1) is 0 Å². The van der Waals surface area contributed by atoms with Crippen molar-refractivity contribution in [1.29, 1.82) is 0 Å². The number of halogens is 6. The first-order valence-corrected chi connectivity index (χ1v) is 5.52. The molecule has 0 spiro atoms. The van der Waals surface area contributed by atoms with Gasteiger partial charge in [-0.05, 0) is 23.8 Å². The predicted molar refractivity (Wildman–Crippen MR) is 67.0 cm³/mol. The van der Waals surface area contributed by atoms with Crippen LogP contribution < -0.4 is 0 Å². The summed E-state index contributed by atoms with van der Waals surface area (Å²) < 4.78 is 80.1. The van der Waals surface area contributed by atoms with E-state index in [1.807, 2.05) is 0 Å². The van der Waals surface area contributed by atoms with Crippen molar-refractivity contribution >= 4 is 6.09 Å². The largest absolute Gasteiger partial charge is 0.453 e. The molecule has 1 aromatic carbocycles. The second kappa shape index (κ2) is 6.89. The van der Waals surface area contributed by atoms with Gasteiger partial charge in [-0.25, -0.2) is 4.79 Å². The molecule has 1 rings (SSSR count). The van der Waals surface area contributed by atoms with Crippen molar-refractivity contribution in [2.24, 2.45) is 0 Å². The summed E-state index contributed by atoms with van der Waals surface area (Å²) in [6.45, 7) is -0.445. The van der Waals surface area contributed by atoms with Crippen LogP contribution in [0, 0.1) is 0 Å². The standard InChI is InChI=1S/C12H11F6NO2.CH4/c1-19(10(20)21-2)6-7-3-8(11(13,14)15)5-9(4-7)12(16,17)18;/h3-5H,6H2,1-2H3;1H4. The number of methoxy groups -OCH3 is 1. The molecule has 0 unspecified atom stereocenters. The van der Waals surface area contributed by atoms with Crippen molar-refractivity contribution in [2.75, 3.05) is 14.2 Å². The summed E-state index contributed by atoms with van der Waals surface area (Å²) in [6, 6.07) is 1.16. The molecule has 0 aromatic heterocycles. The van der Waals surface area contributed by atoms with Gasteiger partial charge in [0, 0.05) is 13.6 Å². The third-order valence-electron chi connectivity index (χ3n) is 2.55. The summed E-state index contributed by atoms with van der Waals surface area (Å²) in [4.78, 5) is 12.0. The third-order valence-corrected chi connectivity index (χ3v) is 2.55. The highest BCUT2D eigenvalue weighted by molar-refractivity contribution is 5.67. The van der Waals surface area contributed by atoms with E-state index in [1.54, 1.807) is 0 Å². The molecule has 0 bridgehead atoms. The van der Waals surface area contributed by atoms with Crippen LogP contribution in [0.1, 0.15) is 24.1 Å². The average molecular weight is 331 g/mol. The van der Waals surface area contributed by atoms with Crippen LogP contribution in [0.3, 0.4) is 0 Å². The lowest BCUT2D eigenvalue weighted by Crippen LogP contribution is -2.26. The van der Waals surface area contributed by atoms with Gasteiger partial charge in [0.25, 0.3) is 0 Å². The number of rotatable bonds is 2. The monoisotopic (exact) mass is 331 g/mol. The summed E-state index contributed by atoms with van der Waals surface area (Å²) >= 11 is 0. The maximum atomic E-state index is 12.6. The van der Waals surface area contributed by atoms with E-state index in [1.165, 1.54) is 7.05 Å².